The third-order valence-electron chi connectivity index (χ3n) is 6.70. The summed E-state index contributed by atoms with van der Waals surface area (Å²) in [5.74, 6) is 0.837. The Morgan fingerprint density at radius 3 is 2.18 bits per heavy atom. The van der Waals surface area contributed by atoms with Crippen molar-refractivity contribution in [3.63, 3.8) is 0 Å². The van der Waals surface area contributed by atoms with Gasteiger partial charge >= 0.3 is 0 Å². The lowest BCUT2D eigenvalue weighted by atomic mass is 9.91. The van der Waals surface area contributed by atoms with E-state index in [0.29, 0.717) is 28.3 Å². The number of rotatable bonds is 6. The van der Waals surface area contributed by atoms with Crippen molar-refractivity contribution in [3.05, 3.63) is 34.9 Å². The molecule has 0 bridgehead atoms. The molecule has 0 unspecified atom stereocenters. The molecule has 156 valence electrons. The Labute approximate surface area is 177 Å². The number of nitrogens with one attached hydrogen (secondary N) is 1. The minimum absolute atomic E-state index is 0.0861. The van der Waals surface area contributed by atoms with Gasteiger partial charge in [-0.05, 0) is 71.9 Å². The van der Waals surface area contributed by atoms with Gasteiger partial charge in [0, 0.05) is 0 Å². The highest BCUT2D eigenvalue weighted by atomic mass is 35.5. The maximum absolute atomic E-state index is 6.79. The standard InChI is InChI=1S/C23H36ClNO2Si/c1-16(2)28(17(3)4,18(5)6)27-22-8-7-19(13-21(22)24)20-14-23(26-15-20)9-11-25-12-10-23/h7-8,13-14,16-18,25H,9-12,15H2,1-6H3. The molecular weight excluding hydrogens is 386 g/mol. The molecule has 2 aliphatic rings. The number of hydrogen-bond donors (Lipinski definition) is 1. The summed E-state index contributed by atoms with van der Waals surface area (Å²) in [4.78, 5) is 0. The van der Waals surface area contributed by atoms with Crippen LogP contribution in [-0.4, -0.2) is 33.6 Å². The van der Waals surface area contributed by atoms with E-state index in [9.17, 15) is 0 Å². The zero-order valence-corrected chi connectivity index (χ0v) is 20.0. The quantitative estimate of drug-likeness (QED) is 0.536. The van der Waals surface area contributed by atoms with E-state index in [-0.39, 0.29) is 5.60 Å². The van der Waals surface area contributed by atoms with Gasteiger partial charge in [0.1, 0.15) is 5.75 Å². The van der Waals surface area contributed by atoms with Gasteiger partial charge in [-0.3, -0.25) is 0 Å². The van der Waals surface area contributed by atoms with E-state index in [1.807, 2.05) is 0 Å². The molecule has 28 heavy (non-hydrogen) atoms. The van der Waals surface area contributed by atoms with Crippen LogP contribution in [0, 0.1) is 0 Å². The third-order valence-corrected chi connectivity index (χ3v) is 13.0. The fourth-order valence-electron chi connectivity index (χ4n) is 5.25. The number of ether oxygens (including phenoxy) is 1. The summed E-state index contributed by atoms with van der Waals surface area (Å²) < 4.78 is 13.0. The molecule has 1 spiro atoms. The molecule has 3 nitrogen and oxygen atoms in total. The molecule has 0 aliphatic carbocycles. The summed E-state index contributed by atoms with van der Waals surface area (Å²) in [6, 6.07) is 6.28. The number of piperidine rings is 1. The number of benzene rings is 1. The van der Waals surface area contributed by atoms with Crippen LogP contribution >= 0.6 is 11.6 Å². The highest BCUT2D eigenvalue weighted by Crippen LogP contribution is 2.45. The lowest BCUT2D eigenvalue weighted by Gasteiger charge is -2.42. The van der Waals surface area contributed by atoms with E-state index in [1.165, 1.54) is 5.57 Å². The molecule has 1 fully saturated rings. The van der Waals surface area contributed by atoms with Crippen molar-refractivity contribution < 1.29 is 9.16 Å². The van der Waals surface area contributed by atoms with Gasteiger partial charge < -0.3 is 14.5 Å². The summed E-state index contributed by atoms with van der Waals surface area (Å²) in [5.41, 5.74) is 3.88. The third kappa shape index (κ3) is 4.07. The topological polar surface area (TPSA) is 30.5 Å². The van der Waals surface area contributed by atoms with Crippen LogP contribution in [0.4, 0.5) is 0 Å². The van der Waals surface area contributed by atoms with Crippen molar-refractivity contribution in [1.29, 1.82) is 0 Å². The zero-order valence-electron chi connectivity index (χ0n) is 18.3. The molecule has 3 rings (SSSR count). The van der Waals surface area contributed by atoms with E-state index in [0.717, 1.165) is 37.2 Å². The first-order valence-electron chi connectivity index (χ1n) is 10.8. The Hall–Kier alpha value is -0.813. The van der Waals surface area contributed by atoms with E-state index in [2.05, 4.69) is 71.1 Å². The second-order valence-corrected chi connectivity index (χ2v) is 15.1. The van der Waals surface area contributed by atoms with Gasteiger partial charge in [-0.1, -0.05) is 59.2 Å². The Bertz CT molecular complexity index is 702. The molecule has 0 aromatic heterocycles. The summed E-state index contributed by atoms with van der Waals surface area (Å²) in [5, 5.41) is 4.12. The minimum atomic E-state index is -2.01. The molecule has 0 radical (unpaired) electrons. The molecule has 0 amide bonds. The molecule has 1 aromatic carbocycles. The second kappa shape index (κ2) is 8.51. The molecular formula is C23H36ClNO2Si. The largest absolute Gasteiger partial charge is 0.542 e. The Kier molecular flexibility index (Phi) is 6.65. The lowest BCUT2D eigenvalue weighted by Crippen LogP contribution is -2.50. The van der Waals surface area contributed by atoms with Crippen LogP contribution in [0.2, 0.25) is 21.6 Å². The Balaban J connectivity index is 1.86. The normalized spacial score (nSPS) is 19.7. The van der Waals surface area contributed by atoms with Crippen molar-refractivity contribution in [3.8, 4) is 5.75 Å². The van der Waals surface area contributed by atoms with Gasteiger partial charge in [0.15, 0.2) is 0 Å². The molecule has 2 aliphatic heterocycles. The van der Waals surface area contributed by atoms with Crippen LogP contribution < -0.4 is 9.74 Å². The number of halogens is 1. The summed E-state index contributed by atoms with van der Waals surface area (Å²) >= 11 is 6.72. The summed E-state index contributed by atoms with van der Waals surface area (Å²) in [6.45, 7) is 16.5. The van der Waals surface area contributed by atoms with Gasteiger partial charge in [0.25, 0.3) is 8.32 Å². The van der Waals surface area contributed by atoms with Crippen LogP contribution in [0.1, 0.15) is 59.9 Å². The van der Waals surface area contributed by atoms with Crippen LogP contribution in [-0.2, 0) is 4.74 Å². The van der Waals surface area contributed by atoms with Gasteiger partial charge in [0.2, 0.25) is 0 Å². The summed E-state index contributed by atoms with van der Waals surface area (Å²) in [7, 11) is -2.01. The predicted molar refractivity (Wildman–Crippen MR) is 122 cm³/mol. The average molecular weight is 422 g/mol. The molecule has 1 N–H and O–H groups in total. The first kappa shape index (κ1) is 21.9. The van der Waals surface area contributed by atoms with E-state index in [4.69, 9.17) is 20.8 Å². The van der Waals surface area contributed by atoms with Crippen molar-refractivity contribution >= 4 is 25.5 Å². The Morgan fingerprint density at radius 2 is 1.64 bits per heavy atom. The van der Waals surface area contributed by atoms with Crippen molar-refractivity contribution in [1.82, 2.24) is 5.32 Å². The van der Waals surface area contributed by atoms with Crippen molar-refractivity contribution in [2.24, 2.45) is 0 Å². The van der Waals surface area contributed by atoms with Crippen molar-refractivity contribution in [2.45, 2.75) is 76.6 Å². The first-order chi connectivity index (χ1) is 13.2. The first-order valence-corrected chi connectivity index (χ1v) is 13.3. The highest BCUT2D eigenvalue weighted by Gasteiger charge is 2.47. The van der Waals surface area contributed by atoms with Gasteiger partial charge in [-0.2, -0.15) is 0 Å². The molecule has 1 saturated heterocycles. The maximum atomic E-state index is 6.79. The van der Waals surface area contributed by atoms with Crippen LogP contribution in [0.25, 0.3) is 5.57 Å². The highest BCUT2D eigenvalue weighted by molar-refractivity contribution is 6.78. The number of hydrogen-bond acceptors (Lipinski definition) is 3. The summed E-state index contributed by atoms with van der Waals surface area (Å²) in [6.07, 6.45) is 4.41. The van der Waals surface area contributed by atoms with E-state index >= 15 is 0 Å². The second-order valence-electron chi connectivity index (χ2n) is 9.34. The Morgan fingerprint density at radius 1 is 1.04 bits per heavy atom. The average Bonchev–Trinajstić information content (AvgIpc) is 3.03. The molecule has 5 heteroatoms. The van der Waals surface area contributed by atoms with Gasteiger partial charge in [-0.25, -0.2) is 0 Å². The lowest BCUT2D eigenvalue weighted by molar-refractivity contribution is 0.00381. The monoisotopic (exact) mass is 421 g/mol. The molecule has 0 atom stereocenters. The fraction of sp³-hybridized carbons (Fsp3) is 0.652. The van der Waals surface area contributed by atoms with E-state index < -0.39 is 8.32 Å². The minimum Gasteiger partial charge on any atom is -0.542 e. The fourth-order valence-corrected chi connectivity index (χ4v) is 10.8. The smallest absolute Gasteiger partial charge is 0.258 e. The van der Waals surface area contributed by atoms with Crippen LogP contribution in [0.5, 0.6) is 5.75 Å². The predicted octanol–water partition coefficient (Wildman–Crippen LogP) is 6.43. The zero-order chi connectivity index (χ0) is 20.5. The molecule has 1 aromatic rings. The van der Waals surface area contributed by atoms with Crippen molar-refractivity contribution in [2.75, 3.05) is 19.7 Å². The SMILES string of the molecule is CC(C)[Si](Oc1ccc(C2=CC3(CCNCC3)OC2)cc1Cl)(C(C)C)C(C)C. The molecule has 0 saturated carbocycles. The van der Waals surface area contributed by atoms with Gasteiger partial charge in [-0.15, -0.1) is 0 Å². The van der Waals surface area contributed by atoms with E-state index in [1.54, 1.807) is 0 Å². The van der Waals surface area contributed by atoms with Crippen LogP contribution in [0.3, 0.4) is 0 Å². The maximum Gasteiger partial charge on any atom is 0.258 e. The molecule has 2 heterocycles. The van der Waals surface area contributed by atoms with Gasteiger partial charge in [0.05, 0.1) is 17.2 Å². The van der Waals surface area contributed by atoms with Crippen LogP contribution in [0.15, 0.2) is 24.3 Å².